The molecule has 0 aliphatic carbocycles. The Morgan fingerprint density at radius 1 is 1.08 bits per heavy atom. The van der Waals surface area contributed by atoms with Gasteiger partial charge < -0.3 is 9.64 Å². The van der Waals surface area contributed by atoms with E-state index < -0.39 is 0 Å². The Kier molecular flexibility index (Phi) is 6.42. The molecule has 3 rings (SSSR count). The summed E-state index contributed by atoms with van der Waals surface area (Å²) in [5.41, 5.74) is 1.27. The standard InChI is InChI=1S/C19H26N4O2/c24-19(14-23-16-20-15-21-23)22-11-7-3-1-2-4-8-17-9-5-6-10-18(17)25-13-12-22/h5-6,9-10,15-16H,1-4,7-8,11-14H2. The van der Waals surface area contributed by atoms with Crippen LogP contribution >= 0.6 is 0 Å². The van der Waals surface area contributed by atoms with Gasteiger partial charge in [-0.3, -0.25) is 4.79 Å². The third kappa shape index (κ3) is 5.31. The molecule has 2 heterocycles. The first-order valence-electron chi connectivity index (χ1n) is 9.14. The molecule has 0 atom stereocenters. The molecule has 134 valence electrons. The zero-order valence-electron chi connectivity index (χ0n) is 14.6. The second kappa shape index (κ2) is 9.20. The second-order valence-corrected chi connectivity index (χ2v) is 6.45. The highest BCUT2D eigenvalue weighted by atomic mass is 16.5. The average Bonchev–Trinajstić information content (AvgIpc) is 3.13. The van der Waals surface area contributed by atoms with Gasteiger partial charge in [-0.1, -0.05) is 37.5 Å². The summed E-state index contributed by atoms with van der Waals surface area (Å²) >= 11 is 0. The lowest BCUT2D eigenvalue weighted by atomic mass is 10.0. The molecule has 0 unspecified atom stereocenters. The molecule has 0 saturated carbocycles. The van der Waals surface area contributed by atoms with E-state index in [0.29, 0.717) is 13.2 Å². The molecule has 1 aromatic heterocycles. The van der Waals surface area contributed by atoms with Gasteiger partial charge in [0.05, 0.1) is 6.54 Å². The van der Waals surface area contributed by atoms with Crippen LogP contribution in [0.4, 0.5) is 0 Å². The number of carbonyl (C=O) groups is 1. The number of aromatic nitrogens is 3. The molecule has 1 aliphatic rings. The highest BCUT2D eigenvalue weighted by Crippen LogP contribution is 2.21. The third-order valence-corrected chi connectivity index (χ3v) is 4.58. The molecule has 0 bridgehead atoms. The average molecular weight is 342 g/mol. The van der Waals surface area contributed by atoms with E-state index in [-0.39, 0.29) is 12.5 Å². The van der Waals surface area contributed by atoms with E-state index in [4.69, 9.17) is 4.74 Å². The van der Waals surface area contributed by atoms with Crippen molar-refractivity contribution in [2.45, 2.75) is 45.1 Å². The Morgan fingerprint density at radius 3 is 2.80 bits per heavy atom. The highest BCUT2D eigenvalue weighted by molar-refractivity contribution is 5.75. The maximum Gasteiger partial charge on any atom is 0.244 e. The molecule has 0 fully saturated rings. The van der Waals surface area contributed by atoms with Crippen LogP contribution in [0, 0.1) is 0 Å². The quantitative estimate of drug-likeness (QED) is 0.842. The molecule has 25 heavy (non-hydrogen) atoms. The minimum Gasteiger partial charge on any atom is -0.491 e. The van der Waals surface area contributed by atoms with Crippen molar-refractivity contribution in [3.8, 4) is 5.75 Å². The fourth-order valence-electron chi connectivity index (χ4n) is 3.18. The lowest BCUT2D eigenvalue weighted by molar-refractivity contribution is -0.132. The predicted molar refractivity (Wildman–Crippen MR) is 95.3 cm³/mol. The van der Waals surface area contributed by atoms with E-state index in [9.17, 15) is 4.79 Å². The smallest absolute Gasteiger partial charge is 0.244 e. The van der Waals surface area contributed by atoms with Gasteiger partial charge in [0.2, 0.25) is 5.91 Å². The topological polar surface area (TPSA) is 60.2 Å². The van der Waals surface area contributed by atoms with Crippen molar-refractivity contribution in [3.05, 3.63) is 42.5 Å². The molecule has 0 radical (unpaired) electrons. The van der Waals surface area contributed by atoms with E-state index >= 15 is 0 Å². The Hall–Kier alpha value is -2.37. The zero-order chi connectivity index (χ0) is 17.3. The van der Waals surface area contributed by atoms with Gasteiger partial charge in [0.15, 0.2) is 0 Å². The summed E-state index contributed by atoms with van der Waals surface area (Å²) in [6.07, 6.45) is 9.92. The molecule has 6 heteroatoms. The van der Waals surface area contributed by atoms with E-state index in [1.807, 2.05) is 17.0 Å². The maximum atomic E-state index is 12.6. The monoisotopic (exact) mass is 342 g/mol. The lowest BCUT2D eigenvalue weighted by Crippen LogP contribution is -2.37. The van der Waals surface area contributed by atoms with Crippen LogP contribution in [0.5, 0.6) is 5.75 Å². The number of ether oxygens (including phenoxy) is 1. The first-order valence-corrected chi connectivity index (χ1v) is 9.14. The second-order valence-electron chi connectivity index (χ2n) is 6.45. The van der Waals surface area contributed by atoms with Crippen LogP contribution in [-0.4, -0.2) is 45.3 Å². The summed E-state index contributed by atoms with van der Waals surface area (Å²) in [6.45, 7) is 2.12. The van der Waals surface area contributed by atoms with Crippen molar-refractivity contribution < 1.29 is 9.53 Å². The van der Waals surface area contributed by atoms with E-state index in [1.165, 1.54) is 31.2 Å². The SMILES string of the molecule is O=C(Cn1cncn1)N1CCCCCCCc2ccccc2OCC1. The normalized spacial score (nSPS) is 16.7. The number of benzene rings is 1. The summed E-state index contributed by atoms with van der Waals surface area (Å²) in [5, 5.41) is 4.02. The number of hydrogen-bond acceptors (Lipinski definition) is 4. The number of amides is 1. The van der Waals surface area contributed by atoms with Gasteiger partial charge in [-0.05, 0) is 30.9 Å². The summed E-state index contributed by atoms with van der Waals surface area (Å²) in [5.74, 6) is 1.02. The Balaban J connectivity index is 1.63. The fourth-order valence-corrected chi connectivity index (χ4v) is 3.18. The molecule has 0 N–H and O–H groups in total. The van der Waals surface area contributed by atoms with Gasteiger partial charge in [0.25, 0.3) is 0 Å². The number of para-hydroxylation sites is 1. The van der Waals surface area contributed by atoms with Crippen molar-refractivity contribution in [1.82, 2.24) is 19.7 Å². The summed E-state index contributed by atoms with van der Waals surface area (Å²) in [4.78, 5) is 18.4. The van der Waals surface area contributed by atoms with Crippen LogP contribution in [0.15, 0.2) is 36.9 Å². The number of rotatable bonds is 2. The number of hydrogen-bond donors (Lipinski definition) is 0. The van der Waals surface area contributed by atoms with E-state index in [2.05, 4.69) is 22.2 Å². The maximum absolute atomic E-state index is 12.6. The van der Waals surface area contributed by atoms with Gasteiger partial charge in [0.1, 0.15) is 31.6 Å². The number of aryl methyl sites for hydroxylation is 1. The van der Waals surface area contributed by atoms with Gasteiger partial charge >= 0.3 is 0 Å². The van der Waals surface area contributed by atoms with Gasteiger partial charge in [0, 0.05) is 6.54 Å². The van der Waals surface area contributed by atoms with Crippen LogP contribution < -0.4 is 4.74 Å². The molecule has 1 amide bonds. The van der Waals surface area contributed by atoms with Crippen molar-refractivity contribution in [1.29, 1.82) is 0 Å². The molecule has 1 aromatic carbocycles. The molecule has 2 aromatic rings. The van der Waals surface area contributed by atoms with Crippen molar-refractivity contribution in [3.63, 3.8) is 0 Å². The molecule has 1 aliphatic heterocycles. The highest BCUT2D eigenvalue weighted by Gasteiger charge is 2.15. The number of fused-ring (bicyclic) bond motifs is 1. The lowest BCUT2D eigenvalue weighted by Gasteiger charge is -2.23. The number of carbonyl (C=O) groups excluding carboxylic acids is 1. The van der Waals surface area contributed by atoms with Crippen molar-refractivity contribution >= 4 is 5.91 Å². The Labute approximate surface area is 148 Å². The first-order chi connectivity index (χ1) is 12.3. The fraction of sp³-hybridized carbons (Fsp3) is 0.526. The van der Waals surface area contributed by atoms with Gasteiger partial charge in [-0.25, -0.2) is 9.67 Å². The largest absolute Gasteiger partial charge is 0.491 e. The van der Waals surface area contributed by atoms with Crippen molar-refractivity contribution in [2.24, 2.45) is 0 Å². The zero-order valence-corrected chi connectivity index (χ0v) is 14.6. The predicted octanol–water partition coefficient (Wildman–Crippen LogP) is 2.69. The van der Waals surface area contributed by atoms with Crippen LogP contribution in [0.2, 0.25) is 0 Å². The summed E-state index contributed by atoms with van der Waals surface area (Å²) in [7, 11) is 0. The van der Waals surface area contributed by atoms with Crippen LogP contribution in [0.1, 0.15) is 37.7 Å². The number of nitrogens with zero attached hydrogens (tertiary/aromatic N) is 4. The van der Waals surface area contributed by atoms with Gasteiger partial charge in [-0.15, -0.1) is 0 Å². The molecule has 6 nitrogen and oxygen atoms in total. The summed E-state index contributed by atoms with van der Waals surface area (Å²) in [6, 6.07) is 8.23. The summed E-state index contributed by atoms with van der Waals surface area (Å²) < 4.78 is 7.56. The Morgan fingerprint density at radius 2 is 1.92 bits per heavy atom. The molecular formula is C19H26N4O2. The van der Waals surface area contributed by atoms with Crippen LogP contribution in [-0.2, 0) is 17.8 Å². The van der Waals surface area contributed by atoms with E-state index in [1.54, 1.807) is 11.0 Å². The van der Waals surface area contributed by atoms with Crippen molar-refractivity contribution in [2.75, 3.05) is 19.7 Å². The van der Waals surface area contributed by atoms with Crippen LogP contribution in [0.25, 0.3) is 0 Å². The van der Waals surface area contributed by atoms with E-state index in [0.717, 1.165) is 31.6 Å². The molecule has 0 saturated heterocycles. The third-order valence-electron chi connectivity index (χ3n) is 4.58. The molecule has 0 spiro atoms. The van der Waals surface area contributed by atoms with Gasteiger partial charge in [-0.2, -0.15) is 5.10 Å². The Bertz CT molecular complexity index is 657. The first kappa shape index (κ1) is 17.5. The van der Waals surface area contributed by atoms with Crippen LogP contribution in [0.3, 0.4) is 0 Å². The molecular weight excluding hydrogens is 316 g/mol. The minimum atomic E-state index is 0.0669. The minimum absolute atomic E-state index is 0.0669.